The van der Waals surface area contributed by atoms with Crippen molar-refractivity contribution in [2.45, 2.75) is 24.9 Å². The summed E-state index contributed by atoms with van der Waals surface area (Å²) in [5.41, 5.74) is 0.737. The van der Waals surface area contributed by atoms with Gasteiger partial charge in [0.2, 0.25) is 10.0 Å². The second kappa shape index (κ2) is 7.04. The van der Waals surface area contributed by atoms with E-state index in [2.05, 4.69) is 15.2 Å². The van der Waals surface area contributed by atoms with Crippen molar-refractivity contribution in [2.24, 2.45) is 0 Å². The van der Waals surface area contributed by atoms with Gasteiger partial charge in [-0.2, -0.15) is 0 Å². The summed E-state index contributed by atoms with van der Waals surface area (Å²) in [6.45, 7) is 3.30. The second-order valence-corrected chi connectivity index (χ2v) is 6.51. The van der Waals surface area contributed by atoms with Gasteiger partial charge in [0.15, 0.2) is 5.76 Å². The molecule has 0 atom stereocenters. The summed E-state index contributed by atoms with van der Waals surface area (Å²) in [6, 6.07) is 6.21. The van der Waals surface area contributed by atoms with Crippen molar-refractivity contribution in [2.75, 3.05) is 6.54 Å². The lowest BCUT2D eigenvalue weighted by Crippen LogP contribution is -2.23. The zero-order valence-electron chi connectivity index (χ0n) is 11.5. The average Bonchev–Trinajstić information content (AvgIpc) is 2.97. The number of sulfonamides is 1. The van der Waals surface area contributed by atoms with Crippen LogP contribution in [0.4, 0.5) is 0 Å². The van der Waals surface area contributed by atoms with Crippen molar-refractivity contribution in [3.05, 3.63) is 46.8 Å². The van der Waals surface area contributed by atoms with Gasteiger partial charge in [-0.1, -0.05) is 23.7 Å². The van der Waals surface area contributed by atoms with Gasteiger partial charge in [-0.25, -0.2) is 13.1 Å². The molecule has 21 heavy (non-hydrogen) atoms. The van der Waals surface area contributed by atoms with Gasteiger partial charge in [0.05, 0.1) is 17.6 Å². The lowest BCUT2D eigenvalue weighted by Gasteiger charge is -2.09. The van der Waals surface area contributed by atoms with Crippen LogP contribution in [0.15, 0.2) is 39.9 Å². The van der Waals surface area contributed by atoms with Gasteiger partial charge in [0.25, 0.3) is 0 Å². The third kappa shape index (κ3) is 4.28. The molecule has 1 aromatic carbocycles. The number of nitrogens with one attached hydrogen (secondary N) is 2. The number of rotatable bonds is 7. The van der Waals surface area contributed by atoms with E-state index in [0.29, 0.717) is 17.3 Å². The molecule has 0 aliphatic carbocycles. The normalized spacial score (nSPS) is 11.7. The Kier molecular flexibility index (Phi) is 5.35. The van der Waals surface area contributed by atoms with Crippen LogP contribution >= 0.6 is 11.6 Å². The predicted octanol–water partition coefficient (Wildman–Crippen LogP) is 1.92. The Bertz CT molecular complexity index is 687. The lowest BCUT2D eigenvalue weighted by molar-refractivity contribution is 0.380. The monoisotopic (exact) mass is 329 g/mol. The highest BCUT2D eigenvalue weighted by Crippen LogP contribution is 2.20. The Hall–Kier alpha value is -1.41. The second-order valence-electron chi connectivity index (χ2n) is 4.34. The van der Waals surface area contributed by atoms with E-state index in [1.807, 2.05) is 6.92 Å². The summed E-state index contributed by atoms with van der Waals surface area (Å²) in [5, 5.41) is 7.17. The van der Waals surface area contributed by atoms with Crippen LogP contribution < -0.4 is 10.0 Å². The third-order valence-corrected chi connectivity index (χ3v) is 4.59. The van der Waals surface area contributed by atoms with Crippen molar-refractivity contribution < 1.29 is 12.9 Å². The fraction of sp³-hybridized carbons (Fsp3) is 0.308. The molecule has 1 heterocycles. The van der Waals surface area contributed by atoms with Crippen LogP contribution in [0.25, 0.3) is 0 Å². The van der Waals surface area contributed by atoms with Crippen LogP contribution in [0.3, 0.4) is 0 Å². The molecular weight excluding hydrogens is 314 g/mol. The first-order valence-corrected chi connectivity index (χ1v) is 8.27. The Morgan fingerprint density at radius 1 is 1.29 bits per heavy atom. The van der Waals surface area contributed by atoms with E-state index in [4.69, 9.17) is 16.1 Å². The minimum atomic E-state index is -3.62. The molecule has 0 fully saturated rings. The fourth-order valence-corrected chi connectivity index (χ4v) is 2.92. The minimum absolute atomic E-state index is 0.0491. The van der Waals surface area contributed by atoms with E-state index < -0.39 is 10.0 Å². The number of nitrogens with zero attached hydrogens (tertiary/aromatic N) is 1. The summed E-state index contributed by atoms with van der Waals surface area (Å²) in [4.78, 5) is 0.166. The molecule has 0 radical (unpaired) electrons. The molecule has 0 aliphatic rings. The number of hydrogen-bond donors (Lipinski definition) is 2. The molecule has 2 N–H and O–H groups in total. The highest BCUT2D eigenvalue weighted by atomic mass is 35.5. The average molecular weight is 330 g/mol. The standard InChI is InChI=1S/C13H16ClN3O3S/c1-2-15-8-10-7-12(3-4-13(10)14)21(18,19)17-9-11-5-6-16-20-11/h3-7,15,17H,2,8-9H2,1H3. The van der Waals surface area contributed by atoms with Gasteiger partial charge in [0.1, 0.15) is 0 Å². The quantitative estimate of drug-likeness (QED) is 0.810. The van der Waals surface area contributed by atoms with E-state index in [-0.39, 0.29) is 11.4 Å². The number of halogens is 1. The molecule has 0 bridgehead atoms. The number of aromatic nitrogens is 1. The van der Waals surface area contributed by atoms with Crippen LogP contribution in [0.5, 0.6) is 0 Å². The molecule has 0 saturated heterocycles. The van der Waals surface area contributed by atoms with Crippen LogP contribution in [0.1, 0.15) is 18.2 Å². The highest BCUT2D eigenvalue weighted by Gasteiger charge is 2.16. The largest absolute Gasteiger partial charge is 0.360 e. The topological polar surface area (TPSA) is 84.2 Å². The molecular formula is C13H16ClN3O3S. The summed E-state index contributed by atoms with van der Waals surface area (Å²) in [7, 11) is -3.62. The first-order valence-electron chi connectivity index (χ1n) is 6.41. The molecule has 0 saturated carbocycles. The van der Waals surface area contributed by atoms with E-state index in [1.54, 1.807) is 18.2 Å². The van der Waals surface area contributed by atoms with E-state index >= 15 is 0 Å². The zero-order chi connectivity index (χ0) is 15.3. The van der Waals surface area contributed by atoms with Crippen molar-refractivity contribution in [3.63, 3.8) is 0 Å². The number of hydrogen-bond acceptors (Lipinski definition) is 5. The van der Waals surface area contributed by atoms with E-state index in [9.17, 15) is 8.42 Å². The maximum Gasteiger partial charge on any atom is 0.240 e. The van der Waals surface area contributed by atoms with Crippen LogP contribution in [0, 0.1) is 0 Å². The Labute approximate surface area is 128 Å². The molecule has 0 spiro atoms. The minimum Gasteiger partial charge on any atom is -0.360 e. The molecule has 6 nitrogen and oxygen atoms in total. The van der Waals surface area contributed by atoms with Crippen molar-refractivity contribution in [1.29, 1.82) is 0 Å². The molecule has 114 valence electrons. The molecule has 1 aromatic heterocycles. The van der Waals surface area contributed by atoms with Gasteiger partial charge < -0.3 is 9.84 Å². The Morgan fingerprint density at radius 2 is 2.10 bits per heavy atom. The molecule has 2 rings (SSSR count). The lowest BCUT2D eigenvalue weighted by atomic mass is 10.2. The molecule has 0 unspecified atom stereocenters. The summed E-state index contributed by atoms with van der Waals surface area (Å²) < 4.78 is 31.8. The van der Waals surface area contributed by atoms with Gasteiger partial charge in [-0.15, -0.1) is 0 Å². The smallest absolute Gasteiger partial charge is 0.240 e. The predicted molar refractivity (Wildman–Crippen MR) is 79.4 cm³/mol. The van der Waals surface area contributed by atoms with E-state index in [0.717, 1.165) is 12.1 Å². The summed E-state index contributed by atoms with van der Waals surface area (Å²) >= 11 is 6.06. The van der Waals surface area contributed by atoms with Crippen LogP contribution in [-0.4, -0.2) is 20.1 Å². The van der Waals surface area contributed by atoms with Gasteiger partial charge in [-0.3, -0.25) is 0 Å². The first kappa shape index (κ1) is 16.0. The summed E-state index contributed by atoms with van der Waals surface area (Å²) in [5.74, 6) is 0.445. The highest BCUT2D eigenvalue weighted by molar-refractivity contribution is 7.89. The van der Waals surface area contributed by atoms with Gasteiger partial charge in [0, 0.05) is 17.6 Å². The fourth-order valence-electron chi connectivity index (χ4n) is 1.70. The van der Waals surface area contributed by atoms with E-state index in [1.165, 1.54) is 12.3 Å². The van der Waals surface area contributed by atoms with Crippen molar-refractivity contribution in [3.8, 4) is 0 Å². The van der Waals surface area contributed by atoms with Crippen molar-refractivity contribution >= 4 is 21.6 Å². The molecule has 0 amide bonds. The third-order valence-electron chi connectivity index (χ3n) is 2.82. The van der Waals surface area contributed by atoms with Gasteiger partial charge in [-0.05, 0) is 30.3 Å². The van der Waals surface area contributed by atoms with Crippen LogP contribution in [0.2, 0.25) is 5.02 Å². The SMILES string of the molecule is CCNCc1cc(S(=O)(=O)NCc2ccno2)ccc1Cl. The molecule has 2 aromatic rings. The number of benzene rings is 1. The van der Waals surface area contributed by atoms with Crippen molar-refractivity contribution in [1.82, 2.24) is 15.2 Å². The molecule has 0 aliphatic heterocycles. The van der Waals surface area contributed by atoms with Crippen LogP contribution in [-0.2, 0) is 23.1 Å². The maximum absolute atomic E-state index is 12.2. The zero-order valence-corrected chi connectivity index (χ0v) is 13.0. The Balaban J connectivity index is 2.15. The Morgan fingerprint density at radius 3 is 2.76 bits per heavy atom. The maximum atomic E-state index is 12.2. The first-order chi connectivity index (χ1) is 10.0. The summed E-state index contributed by atoms with van der Waals surface area (Å²) in [6.07, 6.45) is 1.46. The van der Waals surface area contributed by atoms with Gasteiger partial charge >= 0.3 is 0 Å². The molecule has 8 heteroatoms.